The molecule has 2 heterocycles. The third kappa shape index (κ3) is 3.07. The van der Waals surface area contributed by atoms with Crippen LogP contribution in [0, 0.1) is 0 Å². The molecule has 1 fully saturated rings. The maximum absolute atomic E-state index is 6.10. The van der Waals surface area contributed by atoms with Crippen LogP contribution in [0.2, 0.25) is 10.2 Å². The van der Waals surface area contributed by atoms with E-state index < -0.39 is 0 Å². The van der Waals surface area contributed by atoms with E-state index in [2.05, 4.69) is 9.88 Å². The van der Waals surface area contributed by atoms with Crippen LogP contribution in [-0.2, 0) is 6.54 Å². The highest BCUT2D eigenvalue weighted by atomic mass is 35.5. The average molecular weight is 245 g/mol. The maximum Gasteiger partial charge on any atom is 0.130 e. The van der Waals surface area contributed by atoms with E-state index >= 15 is 0 Å². The molecule has 4 heteroatoms. The van der Waals surface area contributed by atoms with E-state index in [4.69, 9.17) is 23.2 Å². The fraction of sp³-hybridized carbons (Fsp3) is 0.545. The highest BCUT2D eigenvalue weighted by molar-refractivity contribution is 6.34. The lowest BCUT2D eigenvalue weighted by Crippen LogP contribution is -2.29. The summed E-state index contributed by atoms with van der Waals surface area (Å²) in [6.45, 7) is 3.22. The van der Waals surface area contributed by atoms with Crippen molar-refractivity contribution in [2.75, 3.05) is 13.1 Å². The summed E-state index contributed by atoms with van der Waals surface area (Å²) < 4.78 is 0. The number of likely N-dealkylation sites (tertiary alicyclic amines) is 1. The minimum Gasteiger partial charge on any atom is -0.299 e. The Morgan fingerprint density at radius 3 is 2.60 bits per heavy atom. The van der Waals surface area contributed by atoms with Crippen LogP contribution in [0.15, 0.2) is 12.3 Å². The standard InChI is InChI=1S/C11H14Cl2N2/c12-10-6-11(13)14-7-9(10)8-15-4-2-1-3-5-15/h6-7H,1-5,8H2. The number of rotatable bonds is 2. The van der Waals surface area contributed by atoms with Gasteiger partial charge in [0.15, 0.2) is 0 Å². The Labute approximate surface area is 100 Å². The van der Waals surface area contributed by atoms with Crippen LogP contribution in [-0.4, -0.2) is 23.0 Å². The lowest BCUT2D eigenvalue weighted by atomic mass is 10.1. The lowest BCUT2D eigenvalue weighted by Gasteiger charge is -2.26. The highest BCUT2D eigenvalue weighted by Crippen LogP contribution is 2.21. The van der Waals surface area contributed by atoms with E-state index in [0.29, 0.717) is 5.15 Å². The summed E-state index contributed by atoms with van der Waals surface area (Å²) in [5.41, 5.74) is 1.07. The van der Waals surface area contributed by atoms with Gasteiger partial charge in [0.1, 0.15) is 5.15 Å². The van der Waals surface area contributed by atoms with Gasteiger partial charge in [-0.05, 0) is 32.0 Å². The van der Waals surface area contributed by atoms with E-state index in [1.165, 1.54) is 32.4 Å². The smallest absolute Gasteiger partial charge is 0.130 e. The van der Waals surface area contributed by atoms with Crippen molar-refractivity contribution in [2.45, 2.75) is 25.8 Å². The first-order chi connectivity index (χ1) is 7.25. The predicted molar refractivity (Wildman–Crippen MR) is 63.4 cm³/mol. The predicted octanol–water partition coefficient (Wildman–Crippen LogP) is 3.37. The van der Waals surface area contributed by atoms with Crippen LogP contribution in [0.4, 0.5) is 0 Å². The molecule has 0 radical (unpaired) electrons. The van der Waals surface area contributed by atoms with Gasteiger partial charge in [-0.3, -0.25) is 4.90 Å². The first-order valence-electron chi connectivity index (χ1n) is 5.28. The van der Waals surface area contributed by atoms with Gasteiger partial charge in [0.2, 0.25) is 0 Å². The van der Waals surface area contributed by atoms with Gasteiger partial charge >= 0.3 is 0 Å². The van der Waals surface area contributed by atoms with E-state index in [9.17, 15) is 0 Å². The average Bonchev–Trinajstić information content (AvgIpc) is 2.24. The Kier molecular flexibility index (Phi) is 3.84. The molecule has 2 rings (SSSR count). The van der Waals surface area contributed by atoms with Crippen LogP contribution in [0.1, 0.15) is 24.8 Å². The Morgan fingerprint density at radius 2 is 1.93 bits per heavy atom. The second-order valence-corrected chi connectivity index (χ2v) is 4.73. The third-order valence-electron chi connectivity index (χ3n) is 2.74. The number of piperidine rings is 1. The van der Waals surface area contributed by atoms with Gasteiger partial charge in [-0.15, -0.1) is 0 Å². The van der Waals surface area contributed by atoms with Crippen LogP contribution in [0.5, 0.6) is 0 Å². The van der Waals surface area contributed by atoms with Crippen molar-refractivity contribution in [3.05, 3.63) is 28.0 Å². The van der Waals surface area contributed by atoms with Crippen molar-refractivity contribution in [2.24, 2.45) is 0 Å². The Balaban J connectivity index is 2.03. The largest absolute Gasteiger partial charge is 0.299 e. The first kappa shape index (κ1) is 11.2. The molecule has 1 aromatic rings. The van der Waals surface area contributed by atoms with Crippen molar-refractivity contribution in [3.8, 4) is 0 Å². The third-order valence-corrected chi connectivity index (χ3v) is 3.30. The van der Waals surface area contributed by atoms with Gasteiger partial charge in [0.25, 0.3) is 0 Å². The highest BCUT2D eigenvalue weighted by Gasteiger charge is 2.12. The van der Waals surface area contributed by atoms with Crippen molar-refractivity contribution >= 4 is 23.2 Å². The summed E-state index contributed by atoms with van der Waals surface area (Å²) in [5.74, 6) is 0. The number of nitrogens with zero attached hydrogens (tertiary/aromatic N) is 2. The minimum atomic E-state index is 0.461. The zero-order valence-electron chi connectivity index (χ0n) is 8.55. The van der Waals surface area contributed by atoms with E-state index in [1.807, 2.05) is 0 Å². The summed E-state index contributed by atoms with van der Waals surface area (Å²) >= 11 is 11.8. The molecule has 1 aliphatic rings. The molecule has 0 spiro atoms. The normalized spacial score (nSPS) is 18.0. The summed E-state index contributed by atoms with van der Waals surface area (Å²) in [7, 11) is 0. The molecule has 15 heavy (non-hydrogen) atoms. The monoisotopic (exact) mass is 244 g/mol. The van der Waals surface area contributed by atoms with Crippen molar-refractivity contribution < 1.29 is 0 Å². The minimum absolute atomic E-state index is 0.461. The van der Waals surface area contributed by atoms with Gasteiger partial charge in [-0.2, -0.15) is 0 Å². The molecule has 0 N–H and O–H groups in total. The number of aromatic nitrogens is 1. The van der Waals surface area contributed by atoms with E-state index in [1.54, 1.807) is 12.3 Å². The van der Waals surface area contributed by atoms with E-state index in [0.717, 1.165) is 17.1 Å². The molecule has 1 aliphatic heterocycles. The van der Waals surface area contributed by atoms with Crippen molar-refractivity contribution in [1.82, 2.24) is 9.88 Å². The van der Waals surface area contributed by atoms with Crippen molar-refractivity contribution in [3.63, 3.8) is 0 Å². The SMILES string of the molecule is Clc1cc(Cl)c(CN2CCCCC2)cn1. The number of halogens is 2. The maximum atomic E-state index is 6.10. The molecule has 0 aliphatic carbocycles. The molecule has 0 aromatic carbocycles. The fourth-order valence-electron chi connectivity index (χ4n) is 1.91. The zero-order valence-corrected chi connectivity index (χ0v) is 10.1. The first-order valence-corrected chi connectivity index (χ1v) is 6.03. The van der Waals surface area contributed by atoms with E-state index in [-0.39, 0.29) is 0 Å². The Hall–Kier alpha value is -0.310. The summed E-state index contributed by atoms with van der Waals surface area (Å²) in [4.78, 5) is 6.48. The molecule has 0 bridgehead atoms. The molecule has 82 valence electrons. The van der Waals surface area contributed by atoms with Gasteiger partial charge in [0, 0.05) is 23.3 Å². The molecule has 0 saturated carbocycles. The van der Waals surface area contributed by atoms with Crippen LogP contribution < -0.4 is 0 Å². The molecule has 0 atom stereocenters. The van der Waals surface area contributed by atoms with Gasteiger partial charge < -0.3 is 0 Å². The molecule has 2 nitrogen and oxygen atoms in total. The molecule has 0 amide bonds. The lowest BCUT2D eigenvalue weighted by molar-refractivity contribution is 0.221. The Bertz CT molecular complexity index is 335. The summed E-state index contributed by atoms with van der Waals surface area (Å²) in [5, 5.41) is 1.18. The summed E-state index contributed by atoms with van der Waals surface area (Å²) in [6, 6.07) is 1.71. The fourth-order valence-corrected chi connectivity index (χ4v) is 2.34. The molecular formula is C11H14Cl2N2. The topological polar surface area (TPSA) is 16.1 Å². The number of pyridine rings is 1. The molecule has 1 saturated heterocycles. The molecule has 1 aromatic heterocycles. The quantitative estimate of drug-likeness (QED) is 0.742. The van der Waals surface area contributed by atoms with Crippen LogP contribution in [0.25, 0.3) is 0 Å². The van der Waals surface area contributed by atoms with Gasteiger partial charge in [-0.1, -0.05) is 29.6 Å². The van der Waals surface area contributed by atoms with Crippen LogP contribution in [0.3, 0.4) is 0 Å². The summed E-state index contributed by atoms with van der Waals surface area (Å²) in [6.07, 6.45) is 5.71. The zero-order chi connectivity index (χ0) is 10.7. The van der Waals surface area contributed by atoms with Gasteiger partial charge in [-0.25, -0.2) is 4.98 Å². The Morgan fingerprint density at radius 1 is 1.20 bits per heavy atom. The second kappa shape index (κ2) is 5.15. The second-order valence-electron chi connectivity index (χ2n) is 3.94. The number of hydrogen-bond acceptors (Lipinski definition) is 2. The van der Waals surface area contributed by atoms with Gasteiger partial charge in [0.05, 0.1) is 0 Å². The number of hydrogen-bond donors (Lipinski definition) is 0. The van der Waals surface area contributed by atoms with Crippen molar-refractivity contribution in [1.29, 1.82) is 0 Å². The van der Waals surface area contributed by atoms with Crippen LogP contribution >= 0.6 is 23.2 Å². The molecular weight excluding hydrogens is 231 g/mol. The molecule has 0 unspecified atom stereocenters.